The zero-order valence-electron chi connectivity index (χ0n) is 15.2. The summed E-state index contributed by atoms with van der Waals surface area (Å²) < 4.78 is 18.6. The van der Waals surface area contributed by atoms with Gasteiger partial charge in [-0.25, -0.2) is 4.39 Å². The molecular formula is C22H24FNO3. The summed E-state index contributed by atoms with van der Waals surface area (Å²) in [7, 11) is 0. The van der Waals surface area contributed by atoms with E-state index in [4.69, 9.17) is 4.74 Å². The molecule has 27 heavy (non-hydrogen) atoms. The van der Waals surface area contributed by atoms with Crippen molar-refractivity contribution in [2.75, 3.05) is 19.7 Å². The fraction of sp³-hybridized carbons (Fsp3) is 0.318. The summed E-state index contributed by atoms with van der Waals surface area (Å²) in [5.74, 6) is 0.142. The van der Waals surface area contributed by atoms with E-state index in [1.54, 1.807) is 29.2 Å². The van der Waals surface area contributed by atoms with Crippen LogP contribution >= 0.6 is 0 Å². The van der Waals surface area contributed by atoms with E-state index in [-0.39, 0.29) is 18.3 Å². The summed E-state index contributed by atoms with van der Waals surface area (Å²) in [4.78, 5) is 14.2. The van der Waals surface area contributed by atoms with Crippen LogP contribution in [0.15, 0.2) is 60.7 Å². The van der Waals surface area contributed by atoms with Crippen LogP contribution in [0.25, 0.3) is 6.08 Å². The molecule has 3 rings (SSSR count). The first kappa shape index (κ1) is 19.1. The molecule has 1 heterocycles. The second kappa shape index (κ2) is 8.82. The third-order valence-electron chi connectivity index (χ3n) is 4.77. The monoisotopic (exact) mass is 369 g/mol. The van der Waals surface area contributed by atoms with Gasteiger partial charge in [0.15, 0.2) is 0 Å². The Kier molecular flexibility index (Phi) is 6.24. The van der Waals surface area contributed by atoms with Gasteiger partial charge in [-0.3, -0.25) is 4.79 Å². The smallest absolute Gasteiger partial charge is 0.246 e. The van der Waals surface area contributed by atoms with E-state index in [0.29, 0.717) is 38.1 Å². The van der Waals surface area contributed by atoms with E-state index in [1.165, 1.54) is 12.1 Å². The zero-order valence-corrected chi connectivity index (χ0v) is 15.2. The Hall–Kier alpha value is -2.66. The molecule has 2 aromatic carbocycles. The molecule has 1 N–H and O–H groups in total. The van der Waals surface area contributed by atoms with Crippen molar-refractivity contribution in [2.45, 2.75) is 24.9 Å². The van der Waals surface area contributed by atoms with Crippen LogP contribution in [0.4, 0.5) is 4.39 Å². The van der Waals surface area contributed by atoms with Gasteiger partial charge < -0.3 is 14.7 Å². The molecule has 1 amide bonds. The lowest BCUT2D eigenvalue weighted by atomic mass is 9.96. The van der Waals surface area contributed by atoms with Crippen molar-refractivity contribution in [3.63, 3.8) is 0 Å². The van der Waals surface area contributed by atoms with Gasteiger partial charge in [0.2, 0.25) is 5.91 Å². The summed E-state index contributed by atoms with van der Waals surface area (Å²) in [6, 6.07) is 15.4. The Labute approximate surface area is 158 Å². The molecular weight excluding hydrogens is 345 g/mol. The molecule has 0 spiro atoms. The van der Waals surface area contributed by atoms with Gasteiger partial charge in [0.25, 0.3) is 0 Å². The average molecular weight is 369 g/mol. The van der Waals surface area contributed by atoms with Crippen molar-refractivity contribution in [3.8, 4) is 5.75 Å². The molecule has 1 atom stereocenters. The Morgan fingerprint density at radius 3 is 2.59 bits per heavy atom. The van der Waals surface area contributed by atoms with Crippen LogP contribution < -0.4 is 4.74 Å². The number of benzene rings is 2. The Balaban J connectivity index is 1.53. The van der Waals surface area contributed by atoms with E-state index in [9.17, 15) is 14.3 Å². The first-order chi connectivity index (χ1) is 13.0. The highest BCUT2D eigenvalue weighted by Crippen LogP contribution is 2.24. The molecule has 142 valence electrons. The SMILES string of the molecule is O=C(/C=C/c1ccccc1)N1CCCC(O)(COc2ccc(F)cc2)CC1. The zero-order chi connectivity index (χ0) is 19.1. The number of aliphatic hydroxyl groups is 1. The van der Waals surface area contributed by atoms with Crippen LogP contribution in [0.3, 0.4) is 0 Å². The standard InChI is InChI=1S/C22H24FNO3/c23-19-8-10-20(11-9-19)27-17-22(26)13-4-15-24(16-14-22)21(25)12-7-18-5-2-1-3-6-18/h1-3,5-12,26H,4,13-17H2/b12-7+. The summed E-state index contributed by atoms with van der Waals surface area (Å²) in [6.07, 6.45) is 5.08. The lowest BCUT2D eigenvalue weighted by Gasteiger charge is -2.26. The van der Waals surface area contributed by atoms with Crippen LogP contribution in [0.1, 0.15) is 24.8 Å². The molecule has 4 nitrogen and oxygen atoms in total. The Morgan fingerprint density at radius 2 is 1.85 bits per heavy atom. The first-order valence-corrected chi connectivity index (χ1v) is 9.17. The first-order valence-electron chi connectivity index (χ1n) is 9.17. The van der Waals surface area contributed by atoms with Crippen molar-refractivity contribution in [1.29, 1.82) is 0 Å². The number of nitrogens with zero attached hydrogens (tertiary/aromatic N) is 1. The number of hydrogen-bond donors (Lipinski definition) is 1. The van der Waals surface area contributed by atoms with Crippen molar-refractivity contribution in [2.24, 2.45) is 0 Å². The quantitative estimate of drug-likeness (QED) is 0.819. The number of amides is 1. The topological polar surface area (TPSA) is 49.8 Å². The highest BCUT2D eigenvalue weighted by Gasteiger charge is 2.32. The van der Waals surface area contributed by atoms with Gasteiger partial charge >= 0.3 is 0 Å². The number of carbonyl (C=O) groups is 1. The van der Waals surface area contributed by atoms with Crippen molar-refractivity contribution < 1.29 is 19.0 Å². The summed E-state index contributed by atoms with van der Waals surface area (Å²) in [5.41, 5.74) is -0.0168. The average Bonchev–Trinajstić information content (AvgIpc) is 2.89. The molecule has 0 saturated carbocycles. The molecule has 1 unspecified atom stereocenters. The third-order valence-corrected chi connectivity index (χ3v) is 4.77. The van der Waals surface area contributed by atoms with Crippen LogP contribution in [-0.4, -0.2) is 41.2 Å². The predicted octanol–water partition coefficient (Wildman–Crippen LogP) is 3.66. The maximum absolute atomic E-state index is 13.0. The molecule has 1 aliphatic heterocycles. The largest absolute Gasteiger partial charge is 0.491 e. The Bertz CT molecular complexity index is 776. The molecule has 0 radical (unpaired) electrons. The second-order valence-electron chi connectivity index (χ2n) is 6.89. The van der Waals surface area contributed by atoms with Crippen molar-refractivity contribution >= 4 is 12.0 Å². The minimum absolute atomic E-state index is 0.0532. The van der Waals surface area contributed by atoms with Gasteiger partial charge in [-0.2, -0.15) is 0 Å². The highest BCUT2D eigenvalue weighted by molar-refractivity contribution is 5.91. The number of likely N-dealkylation sites (tertiary alicyclic amines) is 1. The number of carbonyl (C=O) groups excluding carboxylic acids is 1. The predicted molar refractivity (Wildman–Crippen MR) is 103 cm³/mol. The van der Waals surface area contributed by atoms with E-state index in [1.807, 2.05) is 30.3 Å². The van der Waals surface area contributed by atoms with E-state index in [0.717, 1.165) is 5.56 Å². The molecule has 0 aromatic heterocycles. The number of halogens is 1. The highest BCUT2D eigenvalue weighted by atomic mass is 19.1. The molecule has 1 saturated heterocycles. The maximum Gasteiger partial charge on any atom is 0.246 e. The molecule has 5 heteroatoms. The fourth-order valence-electron chi connectivity index (χ4n) is 3.13. The number of hydrogen-bond acceptors (Lipinski definition) is 3. The lowest BCUT2D eigenvalue weighted by molar-refractivity contribution is -0.126. The van der Waals surface area contributed by atoms with Crippen molar-refractivity contribution in [3.05, 3.63) is 72.1 Å². The number of rotatable bonds is 5. The summed E-state index contributed by atoms with van der Waals surface area (Å²) in [6.45, 7) is 1.21. The van der Waals surface area contributed by atoms with Gasteiger partial charge in [-0.15, -0.1) is 0 Å². The van der Waals surface area contributed by atoms with Gasteiger partial charge in [-0.1, -0.05) is 30.3 Å². The van der Waals surface area contributed by atoms with Gasteiger partial charge in [0.1, 0.15) is 23.8 Å². The molecule has 1 fully saturated rings. The molecule has 0 aliphatic carbocycles. The van der Waals surface area contributed by atoms with Crippen LogP contribution in [0.5, 0.6) is 5.75 Å². The van der Waals surface area contributed by atoms with E-state index >= 15 is 0 Å². The van der Waals surface area contributed by atoms with E-state index in [2.05, 4.69) is 0 Å². The van der Waals surface area contributed by atoms with Crippen molar-refractivity contribution in [1.82, 2.24) is 4.90 Å². The van der Waals surface area contributed by atoms with Gasteiger partial charge in [-0.05, 0) is 55.2 Å². The van der Waals surface area contributed by atoms with Crippen LogP contribution in [-0.2, 0) is 4.79 Å². The minimum Gasteiger partial charge on any atom is -0.491 e. The lowest BCUT2D eigenvalue weighted by Crippen LogP contribution is -2.38. The van der Waals surface area contributed by atoms with Crippen LogP contribution in [0.2, 0.25) is 0 Å². The second-order valence-corrected chi connectivity index (χ2v) is 6.89. The summed E-state index contributed by atoms with van der Waals surface area (Å²) >= 11 is 0. The maximum atomic E-state index is 13.0. The normalized spacial score (nSPS) is 20.4. The third kappa shape index (κ3) is 5.66. The Morgan fingerprint density at radius 1 is 1.11 bits per heavy atom. The number of ether oxygens (including phenoxy) is 1. The molecule has 2 aromatic rings. The minimum atomic E-state index is -0.993. The van der Waals surface area contributed by atoms with Gasteiger partial charge in [0.05, 0.1) is 0 Å². The van der Waals surface area contributed by atoms with Gasteiger partial charge in [0, 0.05) is 19.2 Å². The molecule has 0 bridgehead atoms. The van der Waals surface area contributed by atoms with Crippen LogP contribution in [0, 0.1) is 5.82 Å². The molecule has 1 aliphatic rings. The summed E-state index contributed by atoms with van der Waals surface area (Å²) in [5, 5.41) is 10.8. The fourth-order valence-corrected chi connectivity index (χ4v) is 3.13. The van der Waals surface area contributed by atoms with E-state index < -0.39 is 5.60 Å².